The maximum absolute atomic E-state index is 13.3. The van der Waals surface area contributed by atoms with Gasteiger partial charge in [0, 0.05) is 24.1 Å². The molecule has 2 rings (SSSR count). The van der Waals surface area contributed by atoms with Crippen molar-refractivity contribution in [2.24, 2.45) is 11.7 Å². The van der Waals surface area contributed by atoms with E-state index in [0.717, 1.165) is 6.42 Å². The molecule has 6 heteroatoms. The average Bonchev–Trinajstić information content (AvgIpc) is 2.73. The molecule has 0 radical (unpaired) electrons. The van der Waals surface area contributed by atoms with Crippen LogP contribution in [-0.2, 0) is 4.79 Å². The number of hydrogen-bond donors (Lipinski definition) is 2. The van der Waals surface area contributed by atoms with Crippen molar-refractivity contribution in [1.82, 2.24) is 0 Å². The van der Waals surface area contributed by atoms with Gasteiger partial charge in [0.05, 0.1) is 5.69 Å². The Balaban J connectivity index is 2.09. The minimum absolute atomic E-state index is 0.0319. The summed E-state index contributed by atoms with van der Waals surface area (Å²) in [5, 5.41) is 2.26. The molecule has 1 aliphatic rings. The number of amides is 1. The van der Waals surface area contributed by atoms with Crippen molar-refractivity contribution in [3.05, 3.63) is 29.6 Å². The van der Waals surface area contributed by atoms with E-state index < -0.39 is 23.4 Å². The Labute approximate surface area is 102 Å². The van der Waals surface area contributed by atoms with Crippen molar-refractivity contribution in [2.45, 2.75) is 25.3 Å². The molecule has 0 aliphatic heterocycles. The van der Waals surface area contributed by atoms with E-state index in [2.05, 4.69) is 5.32 Å². The van der Waals surface area contributed by atoms with Gasteiger partial charge in [-0.25, -0.2) is 13.2 Å². The Morgan fingerprint density at radius 1 is 1.17 bits per heavy atom. The molecule has 0 bridgehead atoms. The number of halogens is 3. The van der Waals surface area contributed by atoms with Crippen LogP contribution in [0.5, 0.6) is 0 Å². The highest BCUT2D eigenvalue weighted by Crippen LogP contribution is 2.26. The highest BCUT2D eigenvalue weighted by Gasteiger charge is 2.28. The van der Waals surface area contributed by atoms with E-state index >= 15 is 0 Å². The topological polar surface area (TPSA) is 55.1 Å². The van der Waals surface area contributed by atoms with Crippen LogP contribution in [0, 0.1) is 23.4 Å². The van der Waals surface area contributed by atoms with Crippen molar-refractivity contribution in [1.29, 1.82) is 0 Å². The summed E-state index contributed by atoms with van der Waals surface area (Å²) in [6, 6.07) is 1.01. The van der Waals surface area contributed by atoms with Gasteiger partial charge < -0.3 is 11.1 Å². The number of anilines is 1. The third-order valence-electron chi connectivity index (χ3n) is 3.11. The predicted octanol–water partition coefficient (Wildman–Crippen LogP) is 2.17. The Morgan fingerprint density at radius 2 is 1.83 bits per heavy atom. The molecule has 2 atom stereocenters. The van der Waals surface area contributed by atoms with Crippen molar-refractivity contribution >= 4 is 11.6 Å². The highest BCUT2D eigenvalue weighted by molar-refractivity contribution is 5.92. The molecule has 0 aromatic heterocycles. The molecule has 0 unspecified atom stereocenters. The summed E-state index contributed by atoms with van der Waals surface area (Å²) in [6.45, 7) is 0. The van der Waals surface area contributed by atoms with Crippen LogP contribution < -0.4 is 11.1 Å². The zero-order valence-corrected chi connectivity index (χ0v) is 9.55. The van der Waals surface area contributed by atoms with Crippen LogP contribution in [0.4, 0.5) is 18.9 Å². The number of rotatable bonds is 2. The smallest absolute Gasteiger partial charge is 0.227 e. The van der Waals surface area contributed by atoms with Crippen molar-refractivity contribution in [3.63, 3.8) is 0 Å². The van der Waals surface area contributed by atoms with Gasteiger partial charge in [-0.1, -0.05) is 0 Å². The first-order valence-electron chi connectivity index (χ1n) is 5.68. The maximum Gasteiger partial charge on any atom is 0.227 e. The molecule has 1 aliphatic carbocycles. The van der Waals surface area contributed by atoms with Gasteiger partial charge in [0.15, 0.2) is 11.6 Å². The van der Waals surface area contributed by atoms with Gasteiger partial charge in [-0.2, -0.15) is 0 Å². The minimum atomic E-state index is -1.28. The van der Waals surface area contributed by atoms with E-state index in [1.807, 2.05) is 0 Å². The van der Waals surface area contributed by atoms with Crippen molar-refractivity contribution in [2.75, 3.05) is 5.32 Å². The third kappa shape index (κ3) is 2.64. The standard InChI is InChI=1S/C12H13F3N2O/c13-8-4-10(15)11(5-9(8)14)17-12(18)6-1-2-7(16)3-6/h4-7H,1-3,16H2,(H,17,18)/t6-,7-/m1/s1. The van der Waals surface area contributed by atoms with Crippen molar-refractivity contribution in [3.8, 4) is 0 Å². The second-order valence-electron chi connectivity index (χ2n) is 4.51. The van der Waals surface area contributed by atoms with E-state index in [1.165, 1.54) is 0 Å². The first-order valence-corrected chi connectivity index (χ1v) is 5.68. The van der Waals surface area contributed by atoms with Crippen LogP contribution in [0.3, 0.4) is 0 Å². The van der Waals surface area contributed by atoms with Crippen LogP contribution in [0.25, 0.3) is 0 Å². The van der Waals surface area contributed by atoms with E-state index in [9.17, 15) is 18.0 Å². The summed E-state index contributed by atoms with van der Waals surface area (Å²) >= 11 is 0. The summed E-state index contributed by atoms with van der Waals surface area (Å²) in [4.78, 5) is 11.8. The molecule has 1 aromatic rings. The van der Waals surface area contributed by atoms with Crippen LogP contribution in [0.2, 0.25) is 0 Å². The van der Waals surface area contributed by atoms with Gasteiger partial charge in [-0.3, -0.25) is 4.79 Å². The summed E-state index contributed by atoms with van der Waals surface area (Å²) in [5.74, 6) is -4.19. The maximum atomic E-state index is 13.3. The van der Waals surface area contributed by atoms with E-state index in [0.29, 0.717) is 25.0 Å². The molecule has 1 aromatic carbocycles. The lowest BCUT2D eigenvalue weighted by molar-refractivity contribution is -0.119. The monoisotopic (exact) mass is 258 g/mol. The largest absolute Gasteiger partial charge is 0.328 e. The van der Waals surface area contributed by atoms with Crippen LogP contribution in [-0.4, -0.2) is 11.9 Å². The Kier molecular flexibility index (Phi) is 3.56. The number of benzene rings is 1. The van der Waals surface area contributed by atoms with Gasteiger partial charge >= 0.3 is 0 Å². The lowest BCUT2D eigenvalue weighted by atomic mass is 10.1. The molecule has 0 saturated heterocycles. The summed E-state index contributed by atoms with van der Waals surface area (Å²) in [5.41, 5.74) is 5.32. The van der Waals surface area contributed by atoms with Gasteiger partial charge in [0.25, 0.3) is 0 Å². The fraction of sp³-hybridized carbons (Fsp3) is 0.417. The molecular weight excluding hydrogens is 245 g/mol. The normalized spacial score (nSPS) is 23.1. The highest BCUT2D eigenvalue weighted by atomic mass is 19.2. The van der Waals surface area contributed by atoms with Crippen LogP contribution in [0.15, 0.2) is 12.1 Å². The second kappa shape index (κ2) is 4.97. The first-order chi connectivity index (χ1) is 8.47. The molecule has 18 heavy (non-hydrogen) atoms. The van der Waals surface area contributed by atoms with E-state index in [4.69, 9.17) is 5.73 Å². The van der Waals surface area contributed by atoms with E-state index in [1.54, 1.807) is 0 Å². The zero-order chi connectivity index (χ0) is 13.3. The SMILES string of the molecule is N[C@@H]1CC[C@@H](C(=O)Nc2cc(F)c(F)cc2F)C1. The number of nitrogens with two attached hydrogens (primary N) is 1. The quantitative estimate of drug-likeness (QED) is 0.799. The number of hydrogen-bond acceptors (Lipinski definition) is 2. The Bertz CT molecular complexity index is 479. The molecular formula is C12H13F3N2O. The van der Waals surface area contributed by atoms with Crippen molar-refractivity contribution < 1.29 is 18.0 Å². The fourth-order valence-electron chi connectivity index (χ4n) is 2.11. The van der Waals surface area contributed by atoms with Gasteiger partial charge in [-0.05, 0) is 19.3 Å². The number of carbonyl (C=O) groups is 1. The molecule has 0 spiro atoms. The zero-order valence-electron chi connectivity index (χ0n) is 9.55. The lowest BCUT2D eigenvalue weighted by Gasteiger charge is -2.11. The second-order valence-corrected chi connectivity index (χ2v) is 4.51. The summed E-state index contributed by atoms with van der Waals surface area (Å²) in [7, 11) is 0. The third-order valence-corrected chi connectivity index (χ3v) is 3.11. The molecule has 0 heterocycles. The molecule has 1 amide bonds. The molecule has 98 valence electrons. The molecule has 1 saturated carbocycles. The number of nitrogens with one attached hydrogen (secondary N) is 1. The molecule has 1 fully saturated rings. The number of carbonyl (C=O) groups excluding carboxylic acids is 1. The first kappa shape index (κ1) is 12.9. The summed E-state index contributed by atoms with van der Waals surface area (Å²) in [6.07, 6.45) is 1.88. The predicted molar refractivity (Wildman–Crippen MR) is 60.3 cm³/mol. The lowest BCUT2D eigenvalue weighted by Crippen LogP contribution is -2.23. The average molecular weight is 258 g/mol. The minimum Gasteiger partial charge on any atom is -0.328 e. The Hall–Kier alpha value is -1.56. The van der Waals surface area contributed by atoms with E-state index in [-0.39, 0.29) is 17.6 Å². The molecule has 3 nitrogen and oxygen atoms in total. The van der Waals surface area contributed by atoms with Gasteiger partial charge in [0.1, 0.15) is 5.82 Å². The summed E-state index contributed by atoms with van der Waals surface area (Å²) < 4.78 is 38.9. The molecule has 3 N–H and O–H groups in total. The van der Waals surface area contributed by atoms with Gasteiger partial charge in [-0.15, -0.1) is 0 Å². The van der Waals surface area contributed by atoms with Crippen LogP contribution in [0.1, 0.15) is 19.3 Å². The van der Waals surface area contributed by atoms with Crippen LogP contribution >= 0.6 is 0 Å². The fourth-order valence-corrected chi connectivity index (χ4v) is 2.11. The van der Waals surface area contributed by atoms with Gasteiger partial charge in [0.2, 0.25) is 5.91 Å². The Morgan fingerprint density at radius 3 is 2.44 bits per heavy atom.